The summed E-state index contributed by atoms with van der Waals surface area (Å²) < 4.78 is 32.2. The van der Waals surface area contributed by atoms with E-state index in [1.54, 1.807) is 6.92 Å². The van der Waals surface area contributed by atoms with E-state index in [0.29, 0.717) is 27.4 Å². The Kier molecular flexibility index (Phi) is 5.85. The number of carbonyl (C=O) groups excluding carboxylic acids is 1. The predicted octanol–water partition coefficient (Wildman–Crippen LogP) is 4.64. The Morgan fingerprint density at radius 1 is 1.23 bits per heavy atom. The number of rotatable bonds is 7. The molecule has 1 aromatic carbocycles. The quantitative estimate of drug-likeness (QED) is 0.446. The van der Waals surface area contributed by atoms with Crippen LogP contribution in [0, 0.1) is 13.8 Å². The van der Waals surface area contributed by atoms with Crippen LogP contribution in [0.15, 0.2) is 41.2 Å². The van der Waals surface area contributed by atoms with E-state index in [-0.39, 0.29) is 24.6 Å². The molecule has 4 aromatic rings. The second kappa shape index (κ2) is 8.72. The Bertz CT molecular complexity index is 1200. The van der Waals surface area contributed by atoms with Crippen LogP contribution in [-0.2, 0) is 11.2 Å². The van der Waals surface area contributed by atoms with Crippen molar-refractivity contribution in [2.75, 3.05) is 5.32 Å². The molecule has 1 N–H and O–H groups in total. The number of halogens is 2. The number of imidazole rings is 1. The van der Waals surface area contributed by atoms with E-state index < -0.39 is 6.55 Å². The molecule has 1 amide bonds. The van der Waals surface area contributed by atoms with E-state index in [1.807, 2.05) is 31.2 Å². The SMILES string of the molecule is Cc1ccc(-c2noc(CCC(=O)Nc3nc(C)c(-c4nccn4C(F)F)s3)n2)cc1. The van der Waals surface area contributed by atoms with Crippen molar-refractivity contribution >= 4 is 22.4 Å². The van der Waals surface area contributed by atoms with Gasteiger partial charge in [0, 0.05) is 30.8 Å². The number of hydrogen-bond donors (Lipinski definition) is 1. The molecule has 4 rings (SSSR count). The third-order valence-corrected chi connectivity index (χ3v) is 5.54. The topological polar surface area (TPSA) is 98.7 Å². The fourth-order valence-corrected chi connectivity index (χ4v) is 3.87. The van der Waals surface area contributed by atoms with Gasteiger partial charge in [-0.3, -0.25) is 9.36 Å². The number of carbonyl (C=O) groups is 1. The van der Waals surface area contributed by atoms with Crippen molar-refractivity contribution in [1.82, 2.24) is 24.7 Å². The number of nitrogens with one attached hydrogen (secondary N) is 1. The first-order chi connectivity index (χ1) is 14.9. The number of benzene rings is 1. The molecule has 3 aromatic heterocycles. The Morgan fingerprint density at radius 3 is 2.74 bits per heavy atom. The zero-order valence-electron chi connectivity index (χ0n) is 16.7. The standard InChI is InChI=1S/C20H18F2N6O2S/c1-11-3-5-13(6-4-11)17-26-15(30-27-17)8-7-14(29)25-20-24-12(2)16(31-20)18-23-9-10-28(18)19(21)22/h3-6,9-10,19H,7-8H2,1-2H3,(H,24,25,29). The molecular weight excluding hydrogens is 426 g/mol. The summed E-state index contributed by atoms with van der Waals surface area (Å²) in [4.78, 5) is 25.3. The van der Waals surface area contributed by atoms with Crippen LogP contribution in [0.4, 0.5) is 13.9 Å². The summed E-state index contributed by atoms with van der Waals surface area (Å²) in [5, 5.41) is 6.94. The van der Waals surface area contributed by atoms with Gasteiger partial charge in [-0.1, -0.05) is 46.3 Å². The first kappa shape index (κ1) is 20.8. The highest BCUT2D eigenvalue weighted by atomic mass is 32.1. The van der Waals surface area contributed by atoms with Gasteiger partial charge >= 0.3 is 6.55 Å². The zero-order valence-corrected chi connectivity index (χ0v) is 17.5. The van der Waals surface area contributed by atoms with Gasteiger partial charge in [0.2, 0.25) is 17.6 Å². The minimum atomic E-state index is -2.71. The highest BCUT2D eigenvalue weighted by molar-refractivity contribution is 7.19. The molecule has 0 fully saturated rings. The summed E-state index contributed by atoms with van der Waals surface area (Å²) in [7, 11) is 0. The zero-order chi connectivity index (χ0) is 22.0. The molecule has 0 aliphatic rings. The molecule has 0 atom stereocenters. The molecule has 0 bridgehead atoms. The van der Waals surface area contributed by atoms with Crippen LogP contribution in [0.1, 0.15) is 30.1 Å². The Labute approximate surface area is 180 Å². The Balaban J connectivity index is 1.38. The molecule has 31 heavy (non-hydrogen) atoms. The predicted molar refractivity (Wildman–Crippen MR) is 111 cm³/mol. The average molecular weight is 444 g/mol. The molecule has 3 heterocycles. The molecule has 0 spiro atoms. The summed E-state index contributed by atoms with van der Waals surface area (Å²) in [5.74, 6) is 0.624. The van der Waals surface area contributed by atoms with Crippen LogP contribution in [0.2, 0.25) is 0 Å². The number of aromatic nitrogens is 5. The summed E-state index contributed by atoms with van der Waals surface area (Å²) in [6.45, 7) is 0.956. The molecule has 0 unspecified atom stereocenters. The van der Waals surface area contributed by atoms with Crippen molar-refractivity contribution in [3.63, 3.8) is 0 Å². The number of thiazole rings is 1. The van der Waals surface area contributed by atoms with Crippen LogP contribution in [0.5, 0.6) is 0 Å². The molecule has 160 valence electrons. The molecule has 0 aliphatic carbocycles. The van der Waals surface area contributed by atoms with E-state index >= 15 is 0 Å². The highest BCUT2D eigenvalue weighted by Gasteiger charge is 2.19. The lowest BCUT2D eigenvalue weighted by Gasteiger charge is -2.04. The van der Waals surface area contributed by atoms with Crippen LogP contribution < -0.4 is 5.32 Å². The fraction of sp³-hybridized carbons (Fsp3) is 0.250. The van der Waals surface area contributed by atoms with Crippen LogP contribution in [0.3, 0.4) is 0 Å². The lowest BCUT2D eigenvalue weighted by molar-refractivity contribution is -0.116. The molecule has 0 saturated carbocycles. The molecule has 0 aliphatic heterocycles. The maximum absolute atomic E-state index is 13.1. The lowest BCUT2D eigenvalue weighted by Crippen LogP contribution is -2.12. The van der Waals surface area contributed by atoms with Gasteiger partial charge in [0.25, 0.3) is 0 Å². The minimum Gasteiger partial charge on any atom is -0.339 e. The Morgan fingerprint density at radius 2 is 2.00 bits per heavy atom. The largest absolute Gasteiger partial charge is 0.339 e. The second-order valence-electron chi connectivity index (χ2n) is 6.80. The van der Waals surface area contributed by atoms with Crippen molar-refractivity contribution in [2.45, 2.75) is 33.2 Å². The summed E-state index contributed by atoms with van der Waals surface area (Å²) in [5.41, 5.74) is 2.47. The molecular formula is C20H18F2N6O2S. The van der Waals surface area contributed by atoms with Crippen molar-refractivity contribution in [1.29, 1.82) is 0 Å². The van der Waals surface area contributed by atoms with E-state index in [9.17, 15) is 13.6 Å². The van der Waals surface area contributed by atoms with Gasteiger partial charge in [-0.25, -0.2) is 9.97 Å². The smallest absolute Gasteiger partial charge is 0.320 e. The highest BCUT2D eigenvalue weighted by Crippen LogP contribution is 2.33. The van der Waals surface area contributed by atoms with E-state index in [4.69, 9.17) is 4.52 Å². The number of anilines is 1. The third kappa shape index (κ3) is 4.66. The van der Waals surface area contributed by atoms with Gasteiger partial charge in [0.1, 0.15) is 0 Å². The number of amides is 1. The second-order valence-corrected chi connectivity index (χ2v) is 7.79. The monoisotopic (exact) mass is 444 g/mol. The third-order valence-electron chi connectivity index (χ3n) is 4.47. The van der Waals surface area contributed by atoms with Crippen LogP contribution in [-0.4, -0.2) is 30.6 Å². The molecule has 8 nitrogen and oxygen atoms in total. The summed E-state index contributed by atoms with van der Waals surface area (Å²) in [6, 6.07) is 7.71. The van der Waals surface area contributed by atoms with Gasteiger partial charge in [-0.2, -0.15) is 13.8 Å². The maximum atomic E-state index is 13.1. The fourth-order valence-electron chi connectivity index (χ4n) is 2.88. The molecule has 0 saturated heterocycles. The van der Waals surface area contributed by atoms with E-state index in [0.717, 1.165) is 27.0 Å². The number of alkyl halides is 2. The van der Waals surface area contributed by atoms with E-state index in [1.165, 1.54) is 12.4 Å². The van der Waals surface area contributed by atoms with Crippen molar-refractivity contribution in [3.05, 3.63) is 53.8 Å². The molecule has 0 radical (unpaired) electrons. The summed E-state index contributed by atoms with van der Waals surface area (Å²) >= 11 is 1.09. The van der Waals surface area contributed by atoms with Crippen LogP contribution >= 0.6 is 11.3 Å². The number of hydrogen-bond acceptors (Lipinski definition) is 7. The van der Waals surface area contributed by atoms with Gasteiger partial charge in [-0.15, -0.1) is 0 Å². The lowest BCUT2D eigenvalue weighted by atomic mass is 10.1. The van der Waals surface area contributed by atoms with Crippen molar-refractivity contribution in [3.8, 4) is 22.1 Å². The van der Waals surface area contributed by atoms with Gasteiger partial charge < -0.3 is 9.84 Å². The van der Waals surface area contributed by atoms with Crippen molar-refractivity contribution in [2.24, 2.45) is 0 Å². The first-order valence-electron chi connectivity index (χ1n) is 9.39. The average Bonchev–Trinajstić information content (AvgIpc) is 3.46. The maximum Gasteiger partial charge on any atom is 0.320 e. The van der Waals surface area contributed by atoms with Gasteiger partial charge in [0.15, 0.2) is 11.0 Å². The Hall–Kier alpha value is -3.47. The number of aryl methyl sites for hydroxylation is 3. The van der Waals surface area contributed by atoms with E-state index in [2.05, 4.69) is 25.4 Å². The minimum absolute atomic E-state index is 0.106. The normalized spacial score (nSPS) is 11.3. The van der Waals surface area contributed by atoms with Gasteiger partial charge in [-0.05, 0) is 13.8 Å². The van der Waals surface area contributed by atoms with Crippen molar-refractivity contribution < 1.29 is 18.1 Å². The van der Waals surface area contributed by atoms with Gasteiger partial charge in [0.05, 0.1) is 10.6 Å². The molecule has 11 heteroatoms. The number of nitrogens with zero attached hydrogens (tertiary/aromatic N) is 5. The first-order valence-corrected chi connectivity index (χ1v) is 10.2. The summed E-state index contributed by atoms with van der Waals surface area (Å²) in [6.07, 6.45) is 2.87. The van der Waals surface area contributed by atoms with Crippen LogP contribution in [0.25, 0.3) is 22.1 Å².